The van der Waals surface area contributed by atoms with Crippen LogP contribution in [-0.4, -0.2) is 65.9 Å². The highest BCUT2D eigenvalue weighted by Gasteiger charge is 2.38. The Morgan fingerprint density at radius 3 is 2.15 bits per heavy atom. The number of nitrogens with two attached hydrogens (primary N) is 3. The van der Waals surface area contributed by atoms with Crippen LogP contribution in [0.15, 0.2) is 71.7 Å². The Labute approximate surface area is 271 Å². The summed E-state index contributed by atoms with van der Waals surface area (Å²) in [4.78, 5) is 58.9. The van der Waals surface area contributed by atoms with Crippen molar-refractivity contribution in [1.82, 2.24) is 15.5 Å². The van der Waals surface area contributed by atoms with Crippen molar-refractivity contribution >= 4 is 35.9 Å². The molecule has 0 unspecified atom stereocenters. The van der Waals surface area contributed by atoms with Crippen LogP contribution >= 0.6 is 0 Å². The lowest BCUT2D eigenvalue weighted by Crippen LogP contribution is -2.61. The van der Waals surface area contributed by atoms with E-state index in [1.165, 1.54) is 6.08 Å². The van der Waals surface area contributed by atoms with Crippen molar-refractivity contribution in [2.45, 2.75) is 71.7 Å². The van der Waals surface area contributed by atoms with Gasteiger partial charge in [0, 0.05) is 19.2 Å². The van der Waals surface area contributed by atoms with E-state index >= 15 is 0 Å². The molecule has 2 aromatic rings. The van der Waals surface area contributed by atoms with Gasteiger partial charge in [0.25, 0.3) is 5.91 Å². The first kappa shape index (κ1) is 37.5. The largest absolute Gasteiger partial charge is 0.445 e. The van der Waals surface area contributed by atoms with E-state index in [0.29, 0.717) is 12.8 Å². The summed E-state index contributed by atoms with van der Waals surface area (Å²) in [5.74, 6) is -1.95. The van der Waals surface area contributed by atoms with E-state index < -0.39 is 41.9 Å². The zero-order chi connectivity index (χ0) is 34.1. The third-order valence-corrected chi connectivity index (χ3v) is 7.08. The minimum atomic E-state index is -1.16. The maximum absolute atomic E-state index is 14.3. The molecule has 0 aliphatic heterocycles. The van der Waals surface area contributed by atoms with Crippen LogP contribution in [-0.2, 0) is 25.7 Å². The maximum atomic E-state index is 14.3. The molecule has 0 fully saturated rings. The Bertz CT molecular complexity index is 1310. The van der Waals surface area contributed by atoms with Gasteiger partial charge in [-0.15, -0.1) is 0 Å². The van der Waals surface area contributed by atoms with E-state index in [4.69, 9.17) is 21.9 Å². The quantitative estimate of drug-likeness (QED) is 0.0757. The number of ether oxygens (including phenoxy) is 1. The number of carbonyl (C=O) groups excluding carboxylic acids is 4. The molecule has 0 aliphatic rings. The molecule has 12 heteroatoms. The minimum absolute atomic E-state index is 0.0133. The van der Waals surface area contributed by atoms with E-state index in [0.717, 1.165) is 16.0 Å². The van der Waals surface area contributed by atoms with Crippen LogP contribution in [0.2, 0.25) is 0 Å². The number of nitrogens with zero attached hydrogens (tertiary/aromatic N) is 2. The molecule has 8 N–H and O–H groups in total. The van der Waals surface area contributed by atoms with Gasteiger partial charge in [0.15, 0.2) is 5.96 Å². The van der Waals surface area contributed by atoms with E-state index in [1.807, 2.05) is 76.2 Å². The zero-order valence-electron chi connectivity index (χ0n) is 27.2. The molecule has 0 aromatic heterocycles. The van der Waals surface area contributed by atoms with Crippen molar-refractivity contribution in [2.24, 2.45) is 34.0 Å². The van der Waals surface area contributed by atoms with Gasteiger partial charge in [-0.3, -0.25) is 24.3 Å². The van der Waals surface area contributed by atoms with Gasteiger partial charge in [0.05, 0.1) is 12.1 Å². The van der Waals surface area contributed by atoms with Crippen LogP contribution < -0.4 is 27.8 Å². The van der Waals surface area contributed by atoms with Gasteiger partial charge in [-0.25, -0.2) is 4.79 Å². The second-order valence-electron chi connectivity index (χ2n) is 11.8. The Balaban J connectivity index is 2.34. The number of carbonyl (C=O) groups is 4. The summed E-state index contributed by atoms with van der Waals surface area (Å²) in [6, 6.07) is 15.5. The van der Waals surface area contributed by atoms with Crippen molar-refractivity contribution in [2.75, 3.05) is 13.1 Å². The van der Waals surface area contributed by atoms with Crippen LogP contribution in [0.25, 0.3) is 6.08 Å². The van der Waals surface area contributed by atoms with Gasteiger partial charge in [-0.1, -0.05) is 88.4 Å². The minimum Gasteiger partial charge on any atom is -0.445 e. The standard InChI is InChI=1S/C34H49N7O5/c1-23(2)20-27(35)31(43)41(29(24(3)4)21-39-30(42)18-17-25-12-7-5-8-13-25)32(44)28(16-11-19-38-33(36)37)40-34(45)46-22-26-14-9-6-10-15-26/h5-10,12-15,17-18,23-24,27-29H,11,16,19-22,35H2,1-4H3,(H,39,42)(H,40,45)(H4,36,37,38)/b18-17+/t27-,28-,29+/m0/s1. The number of amides is 4. The van der Waals surface area contributed by atoms with Gasteiger partial charge in [-0.05, 0) is 48.3 Å². The number of nitrogens with one attached hydrogen (secondary N) is 2. The third-order valence-electron chi connectivity index (χ3n) is 7.08. The van der Waals surface area contributed by atoms with Crippen LogP contribution in [0.3, 0.4) is 0 Å². The predicted molar refractivity (Wildman–Crippen MR) is 180 cm³/mol. The molecular formula is C34H49N7O5. The molecule has 2 rings (SSSR count). The summed E-state index contributed by atoms with van der Waals surface area (Å²) < 4.78 is 5.38. The molecule has 0 saturated carbocycles. The molecule has 4 amide bonds. The van der Waals surface area contributed by atoms with Crippen molar-refractivity contribution < 1.29 is 23.9 Å². The SMILES string of the molecule is CC(C)C[C@H](N)C(=O)N(C(=O)[C@H](CCCN=C(N)N)NC(=O)OCc1ccccc1)[C@H](CNC(=O)/C=C/c1ccccc1)C(C)C. The number of alkyl carbamates (subject to hydrolysis) is 1. The highest BCUT2D eigenvalue weighted by Crippen LogP contribution is 2.18. The first-order valence-electron chi connectivity index (χ1n) is 15.5. The molecule has 0 aliphatic carbocycles. The number of benzene rings is 2. The molecule has 0 bridgehead atoms. The van der Waals surface area contributed by atoms with E-state index in [-0.39, 0.29) is 43.9 Å². The van der Waals surface area contributed by atoms with Crippen molar-refractivity contribution in [3.05, 3.63) is 77.9 Å². The average molecular weight is 636 g/mol. The first-order valence-corrected chi connectivity index (χ1v) is 15.5. The molecule has 3 atom stereocenters. The number of rotatable bonds is 17. The lowest BCUT2D eigenvalue weighted by atomic mass is 9.97. The fourth-order valence-corrected chi connectivity index (χ4v) is 4.68. The van der Waals surface area contributed by atoms with Crippen LogP contribution in [0.1, 0.15) is 58.1 Å². The second kappa shape index (κ2) is 19.6. The number of imide groups is 1. The van der Waals surface area contributed by atoms with Crippen molar-refractivity contribution in [3.63, 3.8) is 0 Å². The molecule has 0 spiro atoms. The van der Waals surface area contributed by atoms with Crippen LogP contribution in [0.4, 0.5) is 4.79 Å². The number of hydrogen-bond acceptors (Lipinski definition) is 7. The molecule has 0 heterocycles. The fourth-order valence-electron chi connectivity index (χ4n) is 4.68. The Hall–Kier alpha value is -4.71. The molecule has 250 valence electrons. The molecule has 2 aromatic carbocycles. The highest BCUT2D eigenvalue weighted by molar-refractivity contribution is 6.01. The van der Waals surface area contributed by atoms with Gasteiger partial charge in [0.2, 0.25) is 11.8 Å². The molecule has 0 saturated heterocycles. The summed E-state index contributed by atoms with van der Waals surface area (Å²) >= 11 is 0. The third kappa shape index (κ3) is 13.5. The van der Waals surface area contributed by atoms with Crippen LogP contribution in [0, 0.1) is 11.8 Å². The Morgan fingerprint density at radius 1 is 0.935 bits per heavy atom. The smallest absolute Gasteiger partial charge is 0.408 e. The van der Waals surface area contributed by atoms with Gasteiger partial charge < -0.3 is 32.6 Å². The van der Waals surface area contributed by atoms with Crippen molar-refractivity contribution in [1.29, 1.82) is 0 Å². The summed E-state index contributed by atoms with van der Waals surface area (Å²) in [5.41, 5.74) is 18.9. The summed E-state index contributed by atoms with van der Waals surface area (Å²) in [7, 11) is 0. The molecule has 46 heavy (non-hydrogen) atoms. The van der Waals surface area contributed by atoms with Gasteiger partial charge in [-0.2, -0.15) is 0 Å². The summed E-state index contributed by atoms with van der Waals surface area (Å²) in [6.45, 7) is 7.69. The number of aliphatic imine (C=N–C) groups is 1. The Morgan fingerprint density at radius 2 is 1.57 bits per heavy atom. The second-order valence-corrected chi connectivity index (χ2v) is 11.8. The van der Waals surface area contributed by atoms with E-state index in [2.05, 4.69) is 15.6 Å². The average Bonchev–Trinajstić information content (AvgIpc) is 3.02. The Kier molecular flexibility index (Phi) is 16.0. The number of hydrogen-bond donors (Lipinski definition) is 5. The normalized spacial score (nSPS) is 13.1. The molecule has 0 radical (unpaired) electrons. The highest BCUT2D eigenvalue weighted by atomic mass is 16.5. The summed E-state index contributed by atoms with van der Waals surface area (Å²) in [6.07, 6.45) is 2.99. The zero-order valence-corrected chi connectivity index (χ0v) is 27.2. The van der Waals surface area contributed by atoms with E-state index in [1.54, 1.807) is 18.2 Å². The lowest BCUT2D eigenvalue weighted by Gasteiger charge is -2.37. The van der Waals surface area contributed by atoms with Crippen molar-refractivity contribution in [3.8, 4) is 0 Å². The maximum Gasteiger partial charge on any atom is 0.408 e. The topological polar surface area (TPSA) is 195 Å². The number of guanidine groups is 1. The molecule has 12 nitrogen and oxygen atoms in total. The predicted octanol–water partition coefficient (Wildman–Crippen LogP) is 2.92. The lowest BCUT2D eigenvalue weighted by molar-refractivity contribution is -0.151. The monoisotopic (exact) mass is 635 g/mol. The summed E-state index contributed by atoms with van der Waals surface area (Å²) in [5, 5.41) is 5.45. The van der Waals surface area contributed by atoms with Gasteiger partial charge >= 0.3 is 6.09 Å². The first-order chi connectivity index (χ1) is 21.9. The molecular weight excluding hydrogens is 586 g/mol. The fraction of sp³-hybridized carbons (Fsp3) is 0.441. The van der Waals surface area contributed by atoms with Crippen LogP contribution in [0.5, 0.6) is 0 Å². The van der Waals surface area contributed by atoms with E-state index in [9.17, 15) is 19.2 Å². The van der Waals surface area contributed by atoms with Gasteiger partial charge in [0.1, 0.15) is 12.6 Å².